The van der Waals surface area contributed by atoms with E-state index >= 15 is 0 Å². The molecule has 1 aliphatic heterocycles. The second-order valence-corrected chi connectivity index (χ2v) is 4.89. The molecule has 1 saturated heterocycles. The number of carbonyl (C=O) groups is 1. The molecule has 0 bridgehead atoms. The molecule has 1 unspecified atom stereocenters. The lowest BCUT2D eigenvalue weighted by molar-refractivity contribution is 0.136. The summed E-state index contributed by atoms with van der Waals surface area (Å²) in [6.07, 6.45) is 0.930. The first kappa shape index (κ1) is 10.5. The Balaban J connectivity index is 1.84. The zero-order valence-corrected chi connectivity index (χ0v) is 9.46. The standard InChI is InChI=1S/C8H17NO3Si/c1-13-4-2-3-9-8(10)12-6-7-5-11-7/h7H,2-6,13H2,1H3,(H,9,10). The Hall–Kier alpha value is -0.553. The largest absolute Gasteiger partial charge is 0.447 e. The van der Waals surface area contributed by atoms with Gasteiger partial charge in [-0.3, -0.25) is 0 Å². The van der Waals surface area contributed by atoms with Gasteiger partial charge in [0.1, 0.15) is 12.7 Å². The highest BCUT2D eigenvalue weighted by Gasteiger charge is 2.23. The lowest BCUT2D eigenvalue weighted by Gasteiger charge is -2.04. The van der Waals surface area contributed by atoms with Crippen molar-refractivity contribution in [1.29, 1.82) is 0 Å². The molecule has 1 fully saturated rings. The molecular weight excluding hydrogens is 186 g/mol. The number of alkyl carbamates (subject to hydrolysis) is 1. The smallest absolute Gasteiger partial charge is 0.407 e. The second-order valence-electron chi connectivity index (χ2n) is 3.19. The van der Waals surface area contributed by atoms with Gasteiger partial charge in [0.15, 0.2) is 0 Å². The van der Waals surface area contributed by atoms with Gasteiger partial charge in [0, 0.05) is 16.1 Å². The molecule has 76 valence electrons. The summed E-state index contributed by atoms with van der Waals surface area (Å²) in [5.74, 6) is 0. The van der Waals surface area contributed by atoms with Gasteiger partial charge in [-0.05, 0) is 6.42 Å². The van der Waals surface area contributed by atoms with Crippen LogP contribution in [0.5, 0.6) is 0 Å². The molecule has 0 spiro atoms. The zero-order chi connectivity index (χ0) is 9.52. The summed E-state index contributed by atoms with van der Waals surface area (Å²) in [6, 6.07) is 1.28. The molecule has 1 heterocycles. The Labute approximate surface area is 80.8 Å². The summed E-state index contributed by atoms with van der Waals surface area (Å²) < 4.78 is 9.78. The zero-order valence-electron chi connectivity index (χ0n) is 8.04. The molecule has 1 amide bonds. The highest BCUT2D eigenvalue weighted by molar-refractivity contribution is 6.33. The first-order valence-electron chi connectivity index (χ1n) is 4.85. The first-order chi connectivity index (χ1) is 6.33. The van der Waals surface area contributed by atoms with Crippen LogP contribution in [0.3, 0.4) is 0 Å². The van der Waals surface area contributed by atoms with E-state index in [0.717, 1.165) is 19.6 Å². The Morgan fingerprint density at radius 3 is 3.15 bits per heavy atom. The molecule has 0 radical (unpaired) electrons. The van der Waals surface area contributed by atoms with Crippen molar-refractivity contribution in [3.8, 4) is 0 Å². The monoisotopic (exact) mass is 203 g/mol. The van der Waals surface area contributed by atoms with E-state index in [1.165, 1.54) is 6.04 Å². The van der Waals surface area contributed by atoms with Crippen LogP contribution >= 0.6 is 0 Å². The lowest BCUT2D eigenvalue weighted by Crippen LogP contribution is -2.26. The van der Waals surface area contributed by atoms with E-state index in [9.17, 15) is 4.79 Å². The third-order valence-corrected chi connectivity index (χ3v) is 3.06. The van der Waals surface area contributed by atoms with E-state index in [1.807, 2.05) is 0 Å². The third-order valence-electron chi connectivity index (χ3n) is 1.85. The van der Waals surface area contributed by atoms with Crippen molar-refractivity contribution in [2.75, 3.05) is 19.8 Å². The molecule has 1 aliphatic rings. The van der Waals surface area contributed by atoms with Crippen molar-refractivity contribution in [1.82, 2.24) is 5.32 Å². The summed E-state index contributed by atoms with van der Waals surface area (Å²) in [5, 5.41) is 2.71. The molecule has 0 aromatic carbocycles. The predicted molar refractivity (Wildman–Crippen MR) is 52.9 cm³/mol. The number of nitrogens with one attached hydrogen (secondary N) is 1. The summed E-state index contributed by atoms with van der Waals surface area (Å²) in [6.45, 7) is 4.14. The van der Waals surface area contributed by atoms with Crippen molar-refractivity contribution in [3.63, 3.8) is 0 Å². The van der Waals surface area contributed by atoms with Crippen molar-refractivity contribution in [2.45, 2.75) is 25.1 Å². The van der Waals surface area contributed by atoms with Crippen LogP contribution in [0.15, 0.2) is 0 Å². The molecule has 0 aromatic rings. The fourth-order valence-electron chi connectivity index (χ4n) is 0.949. The molecule has 1 N–H and O–H groups in total. The van der Waals surface area contributed by atoms with Crippen LogP contribution in [0, 0.1) is 0 Å². The number of hydrogen-bond donors (Lipinski definition) is 1. The van der Waals surface area contributed by atoms with Gasteiger partial charge in [-0.25, -0.2) is 4.79 Å². The summed E-state index contributed by atoms with van der Waals surface area (Å²) in [4.78, 5) is 11.0. The van der Waals surface area contributed by atoms with Crippen LogP contribution in [0.2, 0.25) is 12.6 Å². The minimum atomic E-state index is -0.312. The maximum Gasteiger partial charge on any atom is 0.407 e. The van der Waals surface area contributed by atoms with Crippen LogP contribution < -0.4 is 5.32 Å². The normalized spacial score (nSPS) is 20.5. The number of rotatable bonds is 6. The molecule has 0 saturated carbocycles. The highest BCUT2D eigenvalue weighted by Crippen LogP contribution is 2.08. The molecule has 13 heavy (non-hydrogen) atoms. The molecule has 0 aliphatic carbocycles. The van der Waals surface area contributed by atoms with Gasteiger partial charge in [-0.15, -0.1) is 0 Å². The number of epoxide rings is 1. The SMILES string of the molecule is C[SiH2]CCCNC(=O)OCC1CO1. The van der Waals surface area contributed by atoms with Crippen LogP contribution in [-0.4, -0.2) is 41.5 Å². The summed E-state index contributed by atoms with van der Waals surface area (Å²) in [7, 11) is 0.143. The fraction of sp³-hybridized carbons (Fsp3) is 0.875. The average Bonchev–Trinajstić information content (AvgIpc) is 2.92. The van der Waals surface area contributed by atoms with Gasteiger partial charge >= 0.3 is 6.09 Å². The number of amides is 1. The average molecular weight is 203 g/mol. The van der Waals surface area contributed by atoms with Crippen LogP contribution in [0.4, 0.5) is 4.79 Å². The summed E-state index contributed by atoms with van der Waals surface area (Å²) in [5.41, 5.74) is 0. The number of ether oxygens (including phenoxy) is 2. The lowest BCUT2D eigenvalue weighted by atomic mass is 10.5. The fourth-order valence-corrected chi connectivity index (χ4v) is 1.70. The summed E-state index contributed by atoms with van der Waals surface area (Å²) >= 11 is 0. The van der Waals surface area contributed by atoms with E-state index < -0.39 is 0 Å². The van der Waals surface area contributed by atoms with Gasteiger partial charge in [-0.1, -0.05) is 12.6 Å². The Morgan fingerprint density at radius 2 is 2.54 bits per heavy atom. The van der Waals surface area contributed by atoms with E-state index in [4.69, 9.17) is 9.47 Å². The van der Waals surface area contributed by atoms with Gasteiger partial charge < -0.3 is 14.8 Å². The van der Waals surface area contributed by atoms with Gasteiger partial charge in [-0.2, -0.15) is 0 Å². The molecule has 1 atom stereocenters. The quantitative estimate of drug-likeness (QED) is 0.379. The van der Waals surface area contributed by atoms with Gasteiger partial charge in [0.25, 0.3) is 0 Å². The molecule has 5 heteroatoms. The molecule has 0 aromatic heterocycles. The Bertz CT molecular complexity index is 161. The van der Waals surface area contributed by atoms with Crippen molar-refractivity contribution < 1.29 is 14.3 Å². The Kier molecular flexibility index (Phi) is 4.85. The number of carbonyl (C=O) groups excluding carboxylic acids is 1. The van der Waals surface area contributed by atoms with Crippen molar-refractivity contribution >= 4 is 15.6 Å². The van der Waals surface area contributed by atoms with Crippen molar-refractivity contribution in [2.24, 2.45) is 0 Å². The third kappa shape index (κ3) is 5.65. The van der Waals surface area contributed by atoms with E-state index in [2.05, 4.69) is 11.9 Å². The molecule has 4 nitrogen and oxygen atoms in total. The number of hydrogen-bond acceptors (Lipinski definition) is 3. The van der Waals surface area contributed by atoms with Crippen LogP contribution in [0.25, 0.3) is 0 Å². The first-order valence-corrected chi connectivity index (χ1v) is 7.26. The van der Waals surface area contributed by atoms with Gasteiger partial charge in [0.2, 0.25) is 0 Å². The topological polar surface area (TPSA) is 50.9 Å². The second kappa shape index (κ2) is 5.99. The predicted octanol–water partition coefficient (Wildman–Crippen LogP) is 0.137. The maximum absolute atomic E-state index is 11.0. The minimum absolute atomic E-state index is 0.143. The van der Waals surface area contributed by atoms with E-state index in [-0.39, 0.29) is 21.7 Å². The van der Waals surface area contributed by atoms with Crippen LogP contribution in [-0.2, 0) is 9.47 Å². The van der Waals surface area contributed by atoms with Gasteiger partial charge in [0.05, 0.1) is 6.61 Å². The highest BCUT2D eigenvalue weighted by atomic mass is 28.2. The minimum Gasteiger partial charge on any atom is -0.447 e. The van der Waals surface area contributed by atoms with E-state index in [1.54, 1.807) is 0 Å². The van der Waals surface area contributed by atoms with Crippen LogP contribution in [0.1, 0.15) is 6.42 Å². The van der Waals surface area contributed by atoms with Crippen molar-refractivity contribution in [3.05, 3.63) is 0 Å². The molecule has 1 rings (SSSR count). The van der Waals surface area contributed by atoms with E-state index in [0.29, 0.717) is 6.61 Å². The maximum atomic E-state index is 11.0. The Morgan fingerprint density at radius 1 is 1.77 bits per heavy atom. The molecular formula is C8H17NO3Si.